The minimum Gasteiger partial charge on any atom is -0.342 e. The minimum absolute atomic E-state index is 0.0255. The van der Waals surface area contributed by atoms with Crippen LogP contribution in [-0.2, 0) is 16.0 Å². The normalized spacial score (nSPS) is 21.9. The molecule has 2 amide bonds. The largest absolute Gasteiger partial charge is 0.342 e. The van der Waals surface area contributed by atoms with Crippen LogP contribution in [0, 0.1) is 5.92 Å². The van der Waals surface area contributed by atoms with Gasteiger partial charge in [0.2, 0.25) is 11.8 Å². The molecular formula is C17H24N2O2. The average molecular weight is 288 g/mol. The van der Waals surface area contributed by atoms with E-state index in [1.54, 1.807) is 4.90 Å². The SMILES string of the molecule is CCC(C)C1NC(=O)CN(C(C)Cc2ccccc2)C1=O. The van der Waals surface area contributed by atoms with Crippen LogP contribution in [0.1, 0.15) is 32.8 Å². The molecule has 1 fully saturated rings. The highest BCUT2D eigenvalue weighted by atomic mass is 16.2. The van der Waals surface area contributed by atoms with Gasteiger partial charge >= 0.3 is 0 Å². The Bertz CT molecular complexity index is 501. The third-order valence-electron chi connectivity index (χ3n) is 4.30. The summed E-state index contributed by atoms with van der Waals surface area (Å²) in [6, 6.07) is 9.72. The third-order valence-corrected chi connectivity index (χ3v) is 4.30. The van der Waals surface area contributed by atoms with Crippen LogP contribution in [0.15, 0.2) is 30.3 Å². The summed E-state index contributed by atoms with van der Waals surface area (Å²) in [6.45, 7) is 6.22. The second-order valence-corrected chi connectivity index (χ2v) is 5.94. The number of nitrogens with zero attached hydrogens (tertiary/aromatic N) is 1. The molecule has 1 aromatic carbocycles. The topological polar surface area (TPSA) is 49.4 Å². The number of amides is 2. The smallest absolute Gasteiger partial charge is 0.246 e. The van der Waals surface area contributed by atoms with Crippen molar-refractivity contribution in [3.63, 3.8) is 0 Å². The molecule has 0 saturated carbocycles. The first kappa shape index (κ1) is 15.5. The number of hydrogen-bond donors (Lipinski definition) is 1. The van der Waals surface area contributed by atoms with Crippen LogP contribution in [0.2, 0.25) is 0 Å². The van der Waals surface area contributed by atoms with Gasteiger partial charge in [-0.25, -0.2) is 0 Å². The highest BCUT2D eigenvalue weighted by molar-refractivity contribution is 5.95. The van der Waals surface area contributed by atoms with E-state index in [4.69, 9.17) is 0 Å². The maximum Gasteiger partial charge on any atom is 0.246 e. The maximum atomic E-state index is 12.6. The fourth-order valence-electron chi connectivity index (χ4n) is 2.75. The molecular weight excluding hydrogens is 264 g/mol. The van der Waals surface area contributed by atoms with Crippen LogP contribution in [-0.4, -0.2) is 35.3 Å². The summed E-state index contributed by atoms with van der Waals surface area (Å²) in [5, 5.41) is 2.84. The Morgan fingerprint density at radius 3 is 2.52 bits per heavy atom. The Labute approximate surface area is 126 Å². The van der Waals surface area contributed by atoms with Gasteiger partial charge in [0.25, 0.3) is 0 Å². The lowest BCUT2D eigenvalue weighted by atomic mass is 9.94. The van der Waals surface area contributed by atoms with Crippen molar-refractivity contribution in [2.24, 2.45) is 5.92 Å². The molecule has 0 spiro atoms. The van der Waals surface area contributed by atoms with Gasteiger partial charge in [0, 0.05) is 6.04 Å². The van der Waals surface area contributed by atoms with Crippen molar-refractivity contribution in [3.05, 3.63) is 35.9 Å². The van der Waals surface area contributed by atoms with Gasteiger partial charge in [-0.3, -0.25) is 9.59 Å². The number of piperazine rings is 1. The van der Waals surface area contributed by atoms with E-state index in [9.17, 15) is 9.59 Å². The summed E-state index contributed by atoms with van der Waals surface area (Å²) in [5.41, 5.74) is 1.18. The van der Waals surface area contributed by atoms with Crippen molar-refractivity contribution >= 4 is 11.8 Å². The first-order valence-corrected chi connectivity index (χ1v) is 7.66. The van der Waals surface area contributed by atoms with Crippen molar-refractivity contribution in [1.82, 2.24) is 10.2 Å². The molecule has 1 N–H and O–H groups in total. The zero-order chi connectivity index (χ0) is 15.4. The molecule has 3 unspecified atom stereocenters. The fourth-order valence-corrected chi connectivity index (χ4v) is 2.75. The molecule has 0 aliphatic carbocycles. The van der Waals surface area contributed by atoms with E-state index >= 15 is 0 Å². The molecule has 1 aromatic rings. The Morgan fingerprint density at radius 2 is 1.90 bits per heavy atom. The Kier molecular flexibility index (Phi) is 4.99. The molecule has 1 saturated heterocycles. The quantitative estimate of drug-likeness (QED) is 0.901. The lowest BCUT2D eigenvalue weighted by Gasteiger charge is -2.38. The molecule has 0 radical (unpaired) electrons. The predicted octanol–water partition coefficient (Wildman–Crippen LogP) is 1.99. The van der Waals surface area contributed by atoms with Crippen LogP contribution in [0.25, 0.3) is 0 Å². The second kappa shape index (κ2) is 6.74. The van der Waals surface area contributed by atoms with Crippen molar-refractivity contribution in [2.45, 2.75) is 45.7 Å². The molecule has 3 atom stereocenters. The summed E-state index contributed by atoms with van der Waals surface area (Å²) in [6.07, 6.45) is 1.64. The Morgan fingerprint density at radius 1 is 1.24 bits per heavy atom. The van der Waals surface area contributed by atoms with E-state index in [1.807, 2.05) is 39.0 Å². The van der Waals surface area contributed by atoms with E-state index in [2.05, 4.69) is 17.4 Å². The monoisotopic (exact) mass is 288 g/mol. The minimum atomic E-state index is -0.380. The van der Waals surface area contributed by atoms with E-state index in [1.165, 1.54) is 5.56 Å². The number of rotatable bonds is 5. The van der Waals surface area contributed by atoms with Crippen molar-refractivity contribution in [2.75, 3.05) is 6.54 Å². The van der Waals surface area contributed by atoms with Crippen molar-refractivity contribution in [1.29, 1.82) is 0 Å². The van der Waals surface area contributed by atoms with Gasteiger partial charge in [0.05, 0.1) is 6.54 Å². The average Bonchev–Trinajstić information content (AvgIpc) is 2.49. The van der Waals surface area contributed by atoms with Gasteiger partial charge < -0.3 is 10.2 Å². The molecule has 2 rings (SSSR count). The molecule has 0 aromatic heterocycles. The molecule has 1 heterocycles. The van der Waals surface area contributed by atoms with Crippen LogP contribution in [0.3, 0.4) is 0 Å². The predicted molar refractivity (Wildman–Crippen MR) is 82.7 cm³/mol. The summed E-state index contributed by atoms with van der Waals surface area (Å²) >= 11 is 0. The van der Waals surface area contributed by atoms with E-state index in [-0.39, 0.29) is 36.4 Å². The fraction of sp³-hybridized carbons (Fsp3) is 0.529. The highest BCUT2D eigenvalue weighted by Gasteiger charge is 2.37. The Hall–Kier alpha value is -1.84. The summed E-state index contributed by atoms with van der Waals surface area (Å²) in [4.78, 5) is 26.2. The lowest BCUT2D eigenvalue weighted by Crippen LogP contribution is -2.62. The van der Waals surface area contributed by atoms with Crippen LogP contribution in [0.5, 0.6) is 0 Å². The number of carbonyl (C=O) groups excluding carboxylic acids is 2. The standard InChI is InChI=1S/C17H24N2O2/c1-4-12(2)16-17(21)19(11-15(20)18-16)13(3)10-14-8-6-5-7-9-14/h5-9,12-13,16H,4,10-11H2,1-3H3,(H,18,20). The van der Waals surface area contributed by atoms with Crippen molar-refractivity contribution < 1.29 is 9.59 Å². The van der Waals surface area contributed by atoms with Crippen molar-refractivity contribution in [3.8, 4) is 0 Å². The van der Waals surface area contributed by atoms with Crippen LogP contribution >= 0.6 is 0 Å². The van der Waals surface area contributed by atoms with Gasteiger partial charge in [-0.1, -0.05) is 50.6 Å². The number of hydrogen-bond acceptors (Lipinski definition) is 2. The van der Waals surface area contributed by atoms with Gasteiger partial charge in [0.15, 0.2) is 0 Å². The first-order valence-electron chi connectivity index (χ1n) is 7.66. The van der Waals surface area contributed by atoms with Gasteiger partial charge in [-0.2, -0.15) is 0 Å². The van der Waals surface area contributed by atoms with E-state index in [0.29, 0.717) is 0 Å². The number of carbonyl (C=O) groups is 2. The molecule has 114 valence electrons. The number of nitrogens with one attached hydrogen (secondary N) is 1. The van der Waals surface area contributed by atoms with Gasteiger partial charge in [-0.05, 0) is 24.8 Å². The zero-order valence-corrected chi connectivity index (χ0v) is 13.0. The molecule has 1 aliphatic heterocycles. The molecule has 1 aliphatic rings. The third kappa shape index (κ3) is 3.63. The van der Waals surface area contributed by atoms with Gasteiger partial charge in [-0.15, -0.1) is 0 Å². The molecule has 4 nitrogen and oxygen atoms in total. The first-order chi connectivity index (χ1) is 10.0. The van der Waals surface area contributed by atoms with E-state index in [0.717, 1.165) is 12.8 Å². The van der Waals surface area contributed by atoms with Crippen LogP contribution in [0.4, 0.5) is 0 Å². The second-order valence-electron chi connectivity index (χ2n) is 5.94. The zero-order valence-electron chi connectivity index (χ0n) is 13.0. The van der Waals surface area contributed by atoms with E-state index < -0.39 is 0 Å². The summed E-state index contributed by atoms with van der Waals surface area (Å²) in [7, 11) is 0. The maximum absolute atomic E-state index is 12.6. The Balaban J connectivity index is 2.10. The highest BCUT2D eigenvalue weighted by Crippen LogP contribution is 2.18. The summed E-state index contributed by atoms with van der Waals surface area (Å²) in [5.74, 6) is 0.153. The summed E-state index contributed by atoms with van der Waals surface area (Å²) < 4.78 is 0. The number of benzene rings is 1. The molecule has 4 heteroatoms. The lowest BCUT2D eigenvalue weighted by molar-refractivity contribution is -0.147. The van der Waals surface area contributed by atoms with Gasteiger partial charge in [0.1, 0.15) is 6.04 Å². The molecule has 0 bridgehead atoms. The van der Waals surface area contributed by atoms with Crippen LogP contribution < -0.4 is 5.32 Å². The molecule has 21 heavy (non-hydrogen) atoms.